The average molecular weight is 387 g/mol. The highest BCUT2D eigenvalue weighted by Crippen LogP contribution is 2.49. The quantitative estimate of drug-likeness (QED) is 0.845. The number of rotatable bonds is 5. The Labute approximate surface area is 166 Å². The minimum absolute atomic E-state index is 0.0750. The van der Waals surface area contributed by atoms with E-state index in [9.17, 15) is 14.0 Å². The number of amides is 2. The van der Waals surface area contributed by atoms with Gasteiger partial charge in [0.25, 0.3) is 5.91 Å². The van der Waals surface area contributed by atoms with Crippen molar-refractivity contribution < 1.29 is 14.0 Å². The van der Waals surface area contributed by atoms with Crippen molar-refractivity contribution in [3.8, 4) is 0 Å². The van der Waals surface area contributed by atoms with Crippen LogP contribution in [0.25, 0.3) is 0 Å². The third kappa shape index (κ3) is 4.22. The van der Waals surface area contributed by atoms with E-state index in [4.69, 9.17) is 0 Å². The minimum atomic E-state index is -0.341. The van der Waals surface area contributed by atoms with Gasteiger partial charge in [0.15, 0.2) is 0 Å². The summed E-state index contributed by atoms with van der Waals surface area (Å²) in [6, 6.07) is 5.92. The average Bonchev–Trinajstić information content (AvgIpc) is 3.32. The third-order valence-corrected chi connectivity index (χ3v) is 6.94. The SMILES string of the molecule is CC(NC(=O)CN1CCN(C(=O)c2ccc(F)cc2)CC1)C1CC2CCC1C2. The first-order valence-corrected chi connectivity index (χ1v) is 10.6. The molecule has 2 saturated carbocycles. The molecule has 0 spiro atoms. The van der Waals surface area contributed by atoms with Crippen molar-refractivity contribution in [1.29, 1.82) is 0 Å². The Balaban J connectivity index is 1.21. The fraction of sp³-hybridized carbons (Fsp3) is 0.636. The van der Waals surface area contributed by atoms with Crippen LogP contribution >= 0.6 is 0 Å². The molecule has 1 heterocycles. The summed E-state index contributed by atoms with van der Waals surface area (Å²) in [5.74, 6) is 2.02. The topological polar surface area (TPSA) is 52.7 Å². The van der Waals surface area contributed by atoms with E-state index in [0.29, 0.717) is 44.2 Å². The Morgan fingerprint density at radius 2 is 1.82 bits per heavy atom. The first kappa shape index (κ1) is 19.4. The van der Waals surface area contributed by atoms with E-state index in [1.807, 2.05) is 0 Å². The van der Waals surface area contributed by atoms with Crippen LogP contribution in [0.1, 0.15) is 43.0 Å². The van der Waals surface area contributed by atoms with Crippen molar-refractivity contribution in [3.63, 3.8) is 0 Å². The van der Waals surface area contributed by atoms with Crippen molar-refractivity contribution in [2.45, 2.75) is 38.6 Å². The second-order valence-electron chi connectivity index (χ2n) is 8.77. The van der Waals surface area contributed by atoms with E-state index < -0.39 is 0 Å². The number of hydrogen-bond acceptors (Lipinski definition) is 3. The molecule has 2 aliphatic carbocycles. The lowest BCUT2D eigenvalue weighted by Gasteiger charge is -2.35. The highest BCUT2D eigenvalue weighted by molar-refractivity contribution is 5.94. The van der Waals surface area contributed by atoms with Crippen LogP contribution in [-0.4, -0.2) is 60.4 Å². The van der Waals surface area contributed by atoms with Crippen LogP contribution in [0, 0.1) is 23.6 Å². The number of nitrogens with zero attached hydrogens (tertiary/aromatic N) is 2. The second-order valence-corrected chi connectivity index (χ2v) is 8.77. The lowest BCUT2D eigenvalue weighted by atomic mass is 9.84. The highest BCUT2D eigenvalue weighted by atomic mass is 19.1. The number of piperazine rings is 1. The molecular weight excluding hydrogens is 357 g/mol. The number of benzene rings is 1. The van der Waals surface area contributed by atoms with Gasteiger partial charge in [-0.25, -0.2) is 4.39 Å². The first-order valence-electron chi connectivity index (χ1n) is 10.6. The maximum atomic E-state index is 13.0. The van der Waals surface area contributed by atoms with Crippen molar-refractivity contribution >= 4 is 11.8 Å². The fourth-order valence-corrected chi connectivity index (χ4v) is 5.40. The monoisotopic (exact) mass is 387 g/mol. The fourth-order valence-electron chi connectivity index (χ4n) is 5.40. The molecule has 4 rings (SSSR count). The highest BCUT2D eigenvalue weighted by Gasteiger charge is 2.42. The number of halogens is 1. The van der Waals surface area contributed by atoms with Gasteiger partial charge >= 0.3 is 0 Å². The summed E-state index contributed by atoms with van der Waals surface area (Å²) in [6.07, 6.45) is 5.34. The van der Waals surface area contributed by atoms with Gasteiger partial charge in [-0.1, -0.05) is 6.42 Å². The van der Waals surface area contributed by atoms with E-state index >= 15 is 0 Å². The molecular formula is C22H30FN3O2. The standard InChI is InChI=1S/C22H30FN3O2/c1-15(20-13-16-2-3-18(20)12-16)24-21(27)14-25-8-10-26(11-9-25)22(28)17-4-6-19(23)7-5-17/h4-7,15-16,18,20H,2-3,8-14H2,1H3,(H,24,27). The summed E-state index contributed by atoms with van der Waals surface area (Å²) in [5.41, 5.74) is 0.507. The molecule has 3 aliphatic rings. The lowest BCUT2D eigenvalue weighted by molar-refractivity contribution is -0.123. The number of hydrogen-bond donors (Lipinski definition) is 1. The normalized spacial score (nSPS) is 28.4. The molecule has 2 bridgehead atoms. The zero-order chi connectivity index (χ0) is 19.7. The largest absolute Gasteiger partial charge is 0.352 e. The summed E-state index contributed by atoms with van der Waals surface area (Å²) in [7, 11) is 0. The van der Waals surface area contributed by atoms with Crippen molar-refractivity contribution in [2.24, 2.45) is 17.8 Å². The molecule has 3 fully saturated rings. The van der Waals surface area contributed by atoms with Crippen molar-refractivity contribution in [2.75, 3.05) is 32.7 Å². The van der Waals surface area contributed by atoms with E-state index in [-0.39, 0.29) is 23.7 Å². The lowest BCUT2D eigenvalue weighted by Crippen LogP contribution is -2.52. The van der Waals surface area contributed by atoms with Crippen molar-refractivity contribution in [1.82, 2.24) is 15.1 Å². The van der Waals surface area contributed by atoms with Crippen molar-refractivity contribution in [3.05, 3.63) is 35.6 Å². The summed E-state index contributed by atoms with van der Waals surface area (Å²) < 4.78 is 13.0. The Kier molecular flexibility index (Phi) is 5.67. The van der Waals surface area contributed by atoms with Gasteiger partial charge in [0, 0.05) is 37.8 Å². The molecule has 1 aromatic carbocycles. The zero-order valence-electron chi connectivity index (χ0n) is 16.6. The van der Waals surface area contributed by atoms with Gasteiger partial charge in [0.1, 0.15) is 5.82 Å². The van der Waals surface area contributed by atoms with Crippen LogP contribution in [0.4, 0.5) is 4.39 Å². The predicted molar refractivity (Wildman–Crippen MR) is 105 cm³/mol. The molecule has 2 amide bonds. The van der Waals surface area contributed by atoms with Gasteiger partial charge in [-0.05, 0) is 68.2 Å². The predicted octanol–water partition coefficient (Wildman–Crippen LogP) is 2.52. The van der Waals surface area contributed by atoms with Gasteiger partial charge < -0.3 is 10.2 Å². The summed E-state index contributed by atoms with van der Waals surface area (Å²) >= 11 is 0. The second kappa shape index (κ2) is 8.19. The Morgan fingerprint density at radius 1 is 1.11 bits per heavy atom. The zero-order valence-corrected chi connectivity index (χ0v) is 16.6. The molecule has 152 valence electrons. The van der Waals surface area contributed by atoms with Gasteiger partial charge in [-0.15, -0.1) is 0 Å². The molecule has 1 aromatic rings. The van der Waals surface area contributed by atoms with E-state index in [2.05, 4.69) is 17.1 Å². The van der Waals surface area contributed by atoms with E-state index in [1.54, 1.807) is 4.90 Å². The minimum Gasteiger partial charge on any atom is -0.352 e. The molecule has 28 heavy (non-hydrogen) atoms. The Bertz CT molecular complexity index is 715. The molecule has 1 saturated heterocycles. The molecule has 5 nitrogen and oxygen atoms in total. The van der Waals surface area contributed by atoms with Gasteiger partial charge in [-0.2, -0.15) is 0 Å². The van der Waals surface area contributed by atoms with Crippen LogP contribution in [0.15, 0.2) is 24.3 Å². The summed E-state index contributed by atoms with van der Waals surface area (Å²) in [4.78, 5) is 28.9. The summed E-state index contributed by atoms with van der Waals surface area (Å²) in [6.45, 7) is 5.09. The smallest absolute Gasteiger partial charge is 0.253 e. The molecule has 1 aliphatic heterocycles. The van der Waals surface area contributed by atoms with E-state index in [1.165, 1.54) is 49.9 Å². The van der Waals surface area contributed by atoms with Crippen LogP contribution in [0.5, 0.6) is 0 Å². The number of fused-ring (bicyclic) bond motifs is 2. The molecule has 4 unspecified atom stereocenters. The molecule has 0 aromatic heterocycles. The van der Waals surface area contributed by atoms with E-state index in [0.717, 1.165) is 11.8 Å². The number of carbonyl (C=O) groups excluding carboxylic acids is 2. The maximum Gasteiger partial charge on any atom is 0.253 e. The number of nitrogens with one attached hydrogen (secondary N) is 1. The third-order valence-electron chi connectivity index (χ3n) is 6.94. The van der Waals surface area contributed by atoms with Crippen LogP contribution in [-0.2, 0) is 4.79 Å². The molecule has 1 N–H and O–H groups in total. The Morgan fingerprint density at radius 3 is 2.43 bits per heavy atom. The van der Waals surface area contributed by atoms with Crippen LogP contribution in [0.3, 0.4) is 0 Å². The Hall–Kier alpha value is -1.95. The molecule has 4 atom stereocenters. The summed E-state index contributed by atoms with van der Waals surface area (Å²) in [5, 5.41) is 3.22. The first-order chi connectivity index (χ1) is 13.5. The molecule has 6 heteroatoms. The van der Waals surface area contributed by atoms with Crippen LogP contribution < -0.4 is 5.32 Å². The maximum absolute atomic E-state index is 13.0. The van der Waals surface area contributed by atoms with Gasteiger partial charge in [-0.3, -0.25) is 14.5 Å². The van der Waals surface area contributed by atoms with Crippen LogP contribution in [0.2, 0.25) is 0 Å². The molecule has 0 radical (unpaired) electrons. The number of carbonyl (C=O) groups is 2. The van der Waals surface area contributed by atoms with Gasteiger partial charge in [0.2, 0.25) is 5.91 Å². The van der Waals surface area contributed by atoms with Gasteiger partial charge in [0.05, 0.1) is 6.54 Å².